The van der Waals surface area contributed by atoms with Gasteiger partial charge in [0.2, 0.25) is 5.95 Å². The van der Waals surface area contributed by atoms with Gasteiger partial charge >= 0.3 is 0 Å². The molecule has 0 saturated carbocycles. The van der Waals surface area contributed by atoms with E-state index in [4.69, 9.17) is 21.5 Å². The van der Waals surface area contributed by atoms with Gasteiger partial charge in [0.15, 0.2) is 0 Å². The van der Waals surface area contributed by atoms with E-state index < -0.39 is 0 Å². The van der Waals surface area contributed by atoms with Gasteiger partial charge in [-0.3, -0.25) is 0 Å². The molecule has 0 fully saturated rings. The van der Waals surface area contributed by atoms with Crippen LogP contribution in [0, 0.1) is 13.8 Å². The second-order valence-electron chi connectivity index (χ2n) is 10.2. The monoisotopic (exact) mass is 494 g/mol. The number of rotatable bonds is 3. The SMILES string of the molecule is C=C(C)N.Cc1cc(C)n(-c2ccccc2-c2nc3cc(-c4cnc(N)nc4)ccc3n2C(C)(C)C)n1. The van der Waals surface area contributed by atoms with Crippen LogP contribution in [0.1, 0.15) is 39.1 Å². The van der Waals surface area contributed by atoms with Crippen LogP contribution in [-0.4, -0.2) is 29.3 Å². The van der Waals surface area contributed by atoms with E-state index in [-0.39, 0.29) is 11.5 Å². The highest BCUT2D eigenvalue weighted by atomic mass is 15.3. The van der Waals surface area contributed by atoms with Crippen LogP contribution in [0.4, 0.5) is 5.95 Å². The van der Waals surface area contributed by atoms with Crippen molar-refractivity contribution in [1.29, 1.82) is 0 Å². The molecule has 4 N–H and O–H groups in total. The number of benzene rings is 2. The summed E-state index contributed by atoms with van der Waals surface area (Å²) in [7, 11) is 0. The zero-order valence-electron chi connectivity index (χ0n) is 22.3. The molecule has 37 heavy (non-hydrogen) atoms. The standard InChI is InChI=1S/C26H27N7.C3H7N/c1-16-12-17(2)33(31-16)22-9-7-6-8-20(22)24-30-21-13-18(19-14-28-25(27)29-15-19)10-11-23(21)32(24)26(3,4)5;1-3(2)4/h6-15H,1-5H3,(H2,27,28,29);1,4H2,2H3. The average Bonchev–Trinajstić information content (AvgIpc) is 3.37. The van der Waals surface area contributed by atoms with E-state index in [2.05, 4.69) is 85.2 Å². The number of hydrogen-bond acceptors (Lipinski definition) is 6. The van der Waals surface area contributed by atoms with Gasteiger partial charge in [0.1, 0.15) is 5.82 Å². The first-order valence-electron chi connectivity index (χ1n) is 12.1. The first-order valence-corrected chi connectivity index (χ1v) is 12.1. The van der Waals surface area contributed by atoms with Crippen molar-refractivity contribution in [3.63, 3.8) is 0 Å². The van der Waals surface area contributed by atoms with Gasteiger partial charge < -0.3 is 16.0 Å². The number of anilines is 1. The van der Waals surface area contributed by atoms with Gasteiger partial charge in [0, 0.05) is 34.8 Å². The van der Waals surface area contributed by atoms with Crippen molar-refractivity contribution in [2.45, 2.75) is 47.1 Å². The van der Waals surface area contributed by atoms with E-state index in [9.17, 15) is 0 Å². The summed E-state index contributed by atoms with van der Waals surface area (Å²) in [5.41, 5.74) is 19.1. The fourth-order valence-electron chi connectivity index (χ4n) is 4.33. The van der Waals surface area contributed by atoms with Crippen molar-refractivity contribution >= 4 is 17.0 Å². The highest BCUT2D eigenvalue weighted by molar-refractivity contribution is 5.87. The lowest BCUT2D eigenvalue weighted by Gasteiger charge is -2.25. The molecule has 0 amide bonds. The van der Waals surface area contributed by atoms with Crippen molar-refractivity contribution in [3.05, 3.63) is 84.6 Å². The predicted molar refractivity (Wildman–Crippen MR) is 151 cm³/mol. The summed E-state index contributed by atoms with van der Waals surface area (Å²) in [6, 6.07) is 16.7. The Morgan fingerprint density at radius 1 is 0.946 bits per heavy atom. The van der Waals surface area contributed by atoms with Crippen LogP contribution in [0.15, 0.2) is 73.2 Å². The van der Waals surface area contributed by atoms with Crippen molar-refractivity contribution in [1.82, 2.24) is 29.3 Å². The number of hydrogen-bond donors (Lipinski definition) is 2. The Bertz CT molecular complexity index is 1560. The first-order chi connectivity index (χ1) is 17.5. The number of nitrogen functional groups attached to an aromatic ring is 1. The second kappa shape index (κ2) is 9.89. The third-order valence-electron chi connectivity index (χ3n) is 5.71. The summed E-state index contributed by atoms with van der Waals surface area (Å²) in [6.45, 7) is 15.8. The van der Waals surface area contributed by atoms with Crippen LogP contribution in [-0.2, 0) is 5.54 Å². The smallest absolute Gasteiger partial charge is 0.219 e. The molecule has 0 unspecified atom stereocenters. The zero-order chi connectivity index (χ0) is 26.9. The maximum absolute atomic E-state index is 5.66. The lowest BCUT2D eigenvalue weighted by molar-refractivity contribution is 0.413. The number of nitrogens with two attached hydrogens (primary N) is 2. The molecule has 5 aromatic rings. The van der Waals surface area contributed by atoms with E-state index in [0.717, 1.165) is 50.6 Å². The molecule has 0 atom stereocenters. The quantitative estimate of drug-likeness (QED) is 0.329. The molecule has 3 heterocycles. The molecule has 5 rings (SSSR count). The van der Waals surface area contributed by atoms with Crippen molar-refractivity contribution in [2.75, 3.05) is 5.73 Å². The molecule has 190 valence electrons. The summed E-state index contributed by atoms with van der Waals surface area (Å²) in [5, 5.41) is 4.73. The van der Waals surface area contributed by atoms with Gasteiger partial charge in [-0.25, -0.2) is 19.6 Å². The normalized spacial score (nSPS) is 11.3. The molecule has 0 aliphatic heterocycles. The molecule has 2 aromatic carbocycles. The number of fused-ring (bicyclic) bond motifs is 1. The topological polar surface area (TPSA) is 113 Å². The molecule has 0 aliphatic carbocycles. The third kappa shape index (κ3) is 5.38. The summed E-state index contributed by atoms with van der Waals surface area (Å²) < 4.78 is 4.30. The van der Waals surface area contributed by atoms with Crippen LogP contribution >= 0.6 is 0 Å². The average molecular weight is 495 g/mol. The third-order valence-corrected chi connectivity index (χ3v) is 5.71. The molecule has 0 spiro atoms. The van der Waals surface area contributed by atoms with Crippen molar-refractivity contribution in [2.24, 2.45) is 5.73 Å². The summed E-state index contributed by atoms with van der Waals surface area (Å²) >= 11 is 0. The minimum Gasteiger partial charge on any atom is -0.403 e. The van der Waals surface area contributed by atoms with Crippen LogP contribution in [0.2, 0.25) is 0 Å². The van der Waals surface area contributed by atoms with Gasteiger partial charge in [0.05, 0.1) is 22.4 Å². The molecular formula is C29H34N8. The van der Waals surface area contributed by atoms with Crippen LogP contribution in [0.5, 0.6) is 0 Å². The van der Waals surface area contributed by atoms with E-state index >= 15 is 0 Å². The van der Waals surface area contributed by atoms with Crippen LogP contribution < -0.4 is 11.5 Å². The highest BCUT2D eigenvalue weighted by Crippen LogP contribution is 2.35. The zero-order valence-corrected chi connectivity index (χ0v) is 22.3. The molecule has 0 aliphatic rings. The van der Waals surface area contributed by atoms with Crippen LogP contribution in [0.25, 0.3) is 39.2 Å². The van der Waals surface area contributed by atoms with E-state index in [1.54, 1.807) is 19.3 Å². The molecule has 0 saturated heterocycles. The molecule has 0 radical (unpaired) electrons. The largest absolute Gasteiger partial charge is 0.403 e. The Kier molecular flexibility index (Phi) is 6.85. The van der Waals surface area contributed by atoms with Gasteiger partial charge in [-0.05, 0) is 83.1 Å². The van der Waals surface area contributed by atoms with Gasteiger partial charge in [0.25, 0.3) is 0 Å². The fraction of sp³-hybridized carbons (Fsp3) is 0.241. The van der Waals surface area contributed by atoms with Crippen LogP contribution in [0.3, 0.4) is 0 Å². The highest BCUT2D eigenvalue weighted by Gasteiger charge is 2.25. The molecule has 8 heteroatoms. The number of aryl methyl sites for hydroxylation is 2. The fourth-order valence-corrected chi connectivity index (χ4v) is 4.33. The van der Waals surface area contributed by atoms with E-state index in [1.807, 2.05) is 23.7 Å². The summed E-state index contributed by atoms with van der Waals surface area (Å²) in [6.07, 6.45) is 3.48. The molecular weight excluding hydrogens is 460 g/mol. The van der Waals surface area contributed by atoms with Gasteiger partial charge in [-0.2, -0.15) is 5.10 Å². The first kappa shape index (κ1) is 25.6. The number of aromatic nitrogens is 6. The summed E-state index contributed by atoms with van der Waals surface area (Å²) in [4.78, 5) is 13.4. The van der Waals surface area contributed by atoms with E-state index in [1.165, 1.54) is 0 Å². The Hall–Kier alpha value is -4.46. The van der Waals surface area contributed by atoms with Gasteiger partial charge in [-0.15, -0.1) is 0 Å². The minimum absolute atomic E-state index is 0.182. The summed E-state index contributed by atoms with van der Waals surface area (Å²) in [5.74, 6) is 1.17. The Balaban J connectivity index is 0.000000747. The Morgan fingerprint density at radius 3 is 2.19 bits per heavy atom. The maximum Gasteiger partial charge on any atom is 0.219 e. The molecule has 0 bridgehead atoms. The predicted octanol–water partition coefficient (Wildman–Crippen LogP) is 5.78. The molecule has 3 aromatic heterocycles. The number of nitrogens with zero attached hydrogens (tertiary/aromatic N) is 6. The number of para-hydroxylation sites is 1. The van der Waals surface area contributed by atoms with Gasteiger partial charge in [-0.1, -0.05) is 24.8 Å². The maximum atomic E-state index is 5.66. The van der Waals surface area contributed by atoms with Crippen molar-refractivity contribution < 1.29 is 0 Å². The Labute approximate surface area is 217 Å². The molecule has 8 nitrogen and oxygen atoms in total. The Morgan fingerprint density at radius 2 is 1.59 bits per heavy atom. The number of imidazole rings is 1. The number of allylic oxidation sites excluding steroid dienone is 1. The van der Waals surface area contributed by atoms with Crippen molar-refractivity contribution in [3.8, 4) is 28.2 Å². The second-order valence-corrected chi connectivity index (χ2v) is 10.2. The lowest BCUT2D eigenvalue weighted by Crippen LogP contribution is -2.23. The lowest BCUT2D eigenvalue weighted by atomic mass is 10.0. The van der Waals surface area contributed by atoms with E-state index in [0.29, 0.717) is 5.70 Å². The minimum atomic E-state index is -0.182.